The number of ether oxygens (including phenoxy) is 4. The van der Waals surface area contributed by atoms with E-state index in [9.17, 15) is 4.79 Å². The van der Waals surface area contributed by atoms with Crippen molar-refractivity contribution in [2.75, 3.05) is 26.4 Å². The van der Waals surface area contributed by atoms with Crippen molar-refractivity contribution in [2.24, 2.45) is 5.41 Å². The first-order chi connectivity index (χ1) is 16.1. The largest absolute Gasteiger partial charge is 0.491 e. The Hall–Kier alpha value is -2.37. The van der Waals surface area contributed by atoms with E-state index < -0.39 is 5.41 Å². The van der Waals surface area contributed by atoms with Crippen LogP contribution in [0.25, 0.3) is 0 Å². The van der Waals surface area contributed by atoms with Gasteiger partial charge in [-0.05, 0) is 82.1 Å². The van der Waals surface area contributed by atoms with Gasteiger partial charge in [0.15, 0.2) is 6.29 Å². The van der Waals surface area contributed by atoms with Gasteiger partial charge in [-0.2, -0.15) is 0 Å². The Morgan fingerprint density at radius 3 is 2.52 bits per heavy atom. The number of hydrogen-bond donors (Lipinski definition) is 0. The predicted octanol–water partition coefficient (Wildman–Crippen LogP) is 5.74. The predicted molar refractivity (Wildman–Crippen MR) is 129 cm³/mol. The number of aryl methyl sites for hydroxylation is 1. The topological polar surface area (TPSA) is 54.0 Å². The van der Waals surface area contributed by atoms with Gasteiger partial charge in [-0.1, -0.05) is 42.5 Å². The maximum atomic E-state index is 12.8. The molecule has 0 N–H and O–H groups in total. The van der Waals surface area contributed by atoms with Crippen molar-refractivity contribution in [3.05, 3.63) is 65.7 Å². The number of carbonyl (C=O) groups excluding carboxylic acids is 1. The Balaban J connectivity index is 1.49. The van der Waals surface area contributed by atoms with Crippen LogP contribution in [0.5, 0.6) is 5.75 Å². The highest BCUT2D eigenvalue weighted by Crippen LogP contribution is 2.31. The quantitative estimate of drug-likeness (QED) is 0.285. The van der Waals surface area contributed by atoms with Gasteiger partial charge in [0.05, 0.1) is 18.6 Å². The average Bonchev–Trinajstić information content (AvgIpc) is 2.84. The van der Waals surface area contributed by atoms with Gasteiger partial charge in [-0.25, -0.2) is 0 Å². The molecule has 5 nitrogen and oxygen atoms in total. The Labute approximate surface area is 198 Å². The van der Waals surface area contributed by atoms with E-state index in [1.807, 2.05) is 44.2 Å². The molecule has 0 saturated carbocycles. The zero-order valence-electron chi connectivity index (χ0n) is 20.1. The van der Waals surface area contributed by atoms with E-state index in [-0.39, 0.29) is 12.3 Å². The number of hydrogen-bond acceptors (Lipinski definition) is 5. The average molecular weight is 455 g/mol. The summed E-state index contributed by atoms with van der Waals surface area (Å²) < 4.78 is 22.5. The summed E-state index contributed by atoms with van der Waals surface area (Å²) in [6.45, 7) is 6.05. The minimum absolute atomic E-state index is 0.0906. The second-order valence-electron chi connectivity index (χ2n) is 8.96. The van der Waals surface area contributed by atoms with Crippen molar-refractivity contribution in [1.29, 1.82) is 0 Å². The Kier molecular flexibility index (Phi) is 10.2. The second-order valence-corrected chi connectivity index (χ2v) is 8.96. The molecule has 2 unspecified atom stereocenters. The maximum absolute atomic E-state index is 12.8. The lowest BCUT2D eigenvalue weighted by molar-refractivity contribution is -0.165. The van der Waals surface area contributed by atoms with Crippen molar-refractivity contribution in [3.63, 3.8) is 0 Å². The highest BCUT2D eigenvalue weighted by Gasteiger charge is 2.34. The molecule has 1 aliphatic rings. The van der Waals surface area contributed by atoms with E-state index in [1.165, 1.54) is 5.56 Å². The summed E-state index contributed by atoms with van der Waals surface area (Å²) in [5, 5.41) is 0. The van der Waals surface area contributed by atoms with Crippen LogP contribution >= 0.6 is 0 Å². The van der Waals surface area contributed by atoms with Crippen molar-refractivity contribution < 1.29 is 23.7 Å². The van der Waals surface area contributed by atoms with Crippen LogP contribution in [0.2, 0.25) is 0 Å². The lowest BCUT2D eigenvalue weighted by atomic mass is 9.79. The third-order valence-corrected chi connectivity index (χ3v) is 6.12. The molecule has 0 bridgehead atoms. The fourth-order valence-corrected chi connectivity index (χ4v) is 4.23. The molecule has 0 spiro atoms. The van der Waals surface area contributed by atoms with Crippen LogP contribution in [0.3, 0.4) is 0 Å². The summed E-state index contributed by atoms with van der Waals surface area (Å²) in [6.07, 6.45) is 6.45. The molecule has 33 heavy (non-hydrogen) atoms. The molecule has 1 heterocycles. The number of esters is 1. The number of benzene rings is 2. The van der Waals surface area contributed by atoms with Crippen molar-refractivity contribution in [1.82, 2.24) is 0 Å². The lowest BCUT2D eigenvalue weighted by Gasteiger charge is -2.27. The van der Waals surface area contributed by atoms with Gasteiger partial charge in [0.2, 0.25) is 0 Å². The summed E-state index contributed by atoms with van der Waals surface area (Å²) >= 11 is 0. The van der Waals surface area contributed by atoms with E-state index in [4.69, 9.17) is 18.9 Å². The van der Waals surface area contributed by atoms with Gasteiger partial charge in [-0.3, -0.25) is 4.79 Å². The fraction of sp³-hybridized carbons (Fsp3) is 0.536. The first kappa shape index (κ1) is 25.3. The molecule has 0 aromatic heterocycles. The zero-order chi connectivity index (χ0) is 23.4. The van der Waals surface area contributed by atoms with Crippen LogP contribution in [-0.2, 0) is 31.8 Å². The Bertz CT molecular complexity index is 814. The molecule has 0 amide bonds. The Morgan fingerprint density at radius 2 is 1.82 bits per heavy atom. The molecule has 2 aromatic rings. The third-order valence-electron chi connectivity index (χ3n) is 6.12. The van der Waals surface area contributed by atoms with Gasteiger partial charge in [0, 0.05) is 6.61 Å². The summed E-state index contributed by atoms with van der Waals surface area (Å²) in [7, 11) is 0. The van der Waals surface area contributed by atoms with Crippen LogP contribution in [0.4, 0.5) is 0 Å². The van der Waals surface area contributed by atoms with E-state index in [0.29, 0.717) is 26.2 Å². The van der Waals surface area contributed by atoms with Crippen LogP contribution in [0.15, 0.2) is 54.6 Å². The van der Waals surface area contributed by atoms with E-state index in [2.05, 4.69) is 24.3 Å². The minimum Gasteiger partial charge on any atom is -0.491 e. The maximum Gasteiger partial charge on any atom is 0.312 e. The highest BCUT2D eigenvalue weighted by molar-refractivity contribution is 5.76. The van der Waals surface area contributed by atoms with Crippen LogP contribution in [-0.4, -0.2) is 38.7 Å². The normalized spacial score (nSPS) is 17.8. The first-order valence-corrected chi connectivity index (χ1v) is 12.3. The van der Waals surface area contributed by atoms with Gasteiger partial charge in [-0.15, -0.1) is 0 Å². The molecule has 2 aromatic carbocycles. The van der Waals surface area contributed by atoms with Gasteiger partial charge in [0.1, 0.15) is 12.4 Å². The van der Waals surface area contributed by atoms with Crippen LogP contribution < -0.4 is 4.74 Å². The summed E-state index contributed by atoms with van der Waals surface area (Å²) in [5.41, 5.74) is 1.84. The molecule has 2 atom stereocenters. The molecule has 1 fully saturated rings. The molecule has 1 saturated heterocycles. The van der Waals surface area contributed by atoms with Gasteiger partial charge in [0.25, 0.3) is 0 Å². The molecular weight excluding hydrogens is 416 g/mol. The zero-order valence-corrected chi connectivity index (χ0v) is 20.1. The molecule has 3 rings (SSSR count). The second kappa shape index (κ2) is 13.4. The molecule has 0 aliphatic carbocycles. The summed E-state index contributed by atoms with van der Waals surface area (Å²) in [6, 6.07) is 18.4. The van der Waals surface area contributed by atoms with Crippen molar-refractivity contribution in [3.8, 4) is 5.75 Å². The Morgan fingerprint density at radius 1 is 1.03 bits per heavy atom. The SMILES string of the molecule is CCOC(=O)C(C)(CCCc1ccccc1)Cc1ccc(OCCOC2CCCCO2)cc1. The molecule has 1 aliphatic heterocycles. The van der Waals surface area contributed by atoms with E-state index in [0.717, 1.165) is 56.4 Å². The molecule has 0 radical (unpaired) electrons. The first-order valence-electron chi connectivity index (χ1n) is 12.3. The minimum atomic E-state index is -0.555. The van der Waals surface area contributed by atoms with Gasteiger partial charge < -0.3 is 18.9 Å². The van der Waals surface area contributed by atoms with Crippen molar-refractivity contribution in [2.45, 2.75) is 65.1 Å². The monoisotopic (exact) mass is 454 g/mol. The molecular formula is C28H38O5. The highest BCUT2D eigenvalue weighted by atomic mass is 16.7. The smallest absolute Gasteiger partial charge is 0.312 e. The third kappa shape index (κ3) is 8.49. The molecule has 180 valence electrons. The molecule has 5 heteroatoms. The number of rotatable bonds is 13. The van der Waals surface area contributed by atoms with E-state index >= 15 is 0 Å². The summed E-state index contributed by atoms with van der Waals surface area (Å²) in [5.74, 6) is 0.675. The number of carbonyl (C=O) groups is 1. The van der Waals surface area contributed by atoms with Crippen LogP contribution in [0.1, 0.15) is 57.1 Å². The summed E-state index contributed by atoms with van der Waals surface area (Å²) in [4.78, 5) is 12.8. The standard InChI is InChI=1S/C28H38O5/c1-3-30-27(29)28(2,18-9-12-23-10-5-4-6-11-23)22-24-14-16-25(17-15-24)31-20-21-33-26-13-7-8-19-32-26/h4-6,10-11,14-17,26H,3,7-9,12-13,18-22H2,1-2H3. The van der Waals surface area contributed by atoms with E-state index in [1.54, 1.807) is 0 Å². The van der Waals surface area contributed by atoms with Gasteiger partial charge >= 0.3 is 5.97 Å². The fourth-order valence-electron chi connectivity index (χ4n) is 4.23. The van der Waals surface area contributed by atoms with Crippen molar-refractivity contribution >= 4 is 5.97 Å². The van der Waals surface area contributed by atoms with Crippen LogP contribution in [0, 0.1) is 5.41 Å². The lowest BCUT2D eigenvalue weighted by Crippen LogP contribution is -2.32.